The van der Waals surface area contributed by atoms with Crippen LogP contribution >= 0.6 is 11.8 Å². The standard InChI is InChI=1S/C13H27NOS/c1-5-14-12-9-10(2)8-11(3)13(12)16-7-6-15-4/h10-14H,5-9H2,1-4H3. The zero-order valence-electron chi connectivity index (χ0n) is 11.2. The Morgan fingerprint density at radius 3 is 2.69 bits per heavy atom. The van der Waals surface area contributed by atoms with E-state index in [1.54, 1.807) is 7.11 Å². The molecule has 4 unspecified atom stereocenters. The Kier molecular flexibility index (Phi) is 6.78. The summed E-state index contributed by atoms with van der Waals surface area (Å²) in [6, 6.07) is 0.700. The van der Waals surface area contributed by atoms with Gasteiger partial charge in [0.1, 0.15) is 0 Å². The van der Waals surface area contributed by atoms with Gasteiger partial charge in [-0.1, -0.05) is 20.8 Å². The first-order valence-electron chi connectivity index (χ1n) is 6.52. The molecule has 1 aliphatic rings. The molecule has 1 rings (SSSR count). The van der Waals surface area contributed by atoms with Gasteiger partial charge in [0.05, 0.1) is 6.61 Å². The monoisotopic (exact) mass is 245 g/mol. The number of nitrogens with one attached hydrogen (secondary N) is 1. The second-order valence-corrected chi connectivity index (χ2v) is 6.33. The van der Waals surface area contributed by atoms with Gasteiger partial charge >= 0.3 is 0 Å². The summed E-state index contributed by atoms with van der Waals surface area (Å²) in [4.78, 5) is 0. The fourth-order valence-corrected chi connectivity index (χ4v) is 4.25. The Bertz CT molecular complexity index is 189. The van der Waals surface area contributed by atoms with E-state index in [9.17, 15) is 0 Å². The molecule has 0 aromatic carbocycles. The number of hydrogen-bond acceptors (Lipinski definition) is 3. The second kappa shape index (κ2) is 7.57. The van der Waals surface area contributed by atoms with E-state index >= 15 is 0 Å². The fraction of sp³-hybridized carbons (Fsp3) is 1.00. The molecule has 1 aliphatic carbocycles. The minimum Gasteiger partial charge on any atom is -0.384 e. The lowest BCUT2D eigenvalue weighted by molar-refractivity contribution is 0.217. The number of hydrogen-bond donors (Lipinski definition) is 1. The molecule has 1 saturated carbocycles. The predicted molar refractivity (Wildman–Crippen MR) is 73.1 cm³/mol. The summed E-state index contributed by atoms with van der Waals surface area (Å²) in [7, 11) is 1.79. The lowest BCUT2D eigenvalue weighted by Crippen LogP contribution is -2.46. The Morgan fingerprint density at radius 1 is 1.31 bits per heavy atom. The lowest BCUT2D eigenvalue weighted by atomic mass is 9.80. The molecule has 3 heteroatoms. The molecule has 4 atom stereocenters. The summed E-state index contributed by atoms with van der Waals surface area (Å²) in [5.74, 6) is 2.83. The number of methoxy groups -OCH3 is 1. The smallest absolute Gasteiger partial charge is 0.0553 e. The van der Waals surface area contributed by atoms with Gasteiger partial charge in [-0.3, -0.25) is 0 Å². The third kappa shape index (κ3) is 4.27. The summed E-state index contributed by atoms with van der Waals surface area (Å²) in [5, 5.41) is 4.43. The van der Waals surface area contributed by atoms with Crippen molar-refractivity contribution in [3.63, 3.8) is 0 Å². The van der Waals surface area contributed by atoms with E-state index in [-0.39, 0.29) is 0 Å². The first kappa shape index (κ1) is 14.3. The normalized spacial score (nSPS) is 35.2. The number of thioether (sulfide) groups is 1. The Labute approximate surface area is 105 Å². The van der Waals surface area contributed by atoms with E-state index < -0.39 is 0 Å². The van der Waals surface area contributed by atoms with Crippen LogP contribution in [0.3, 0.4) is 0 Å². The van der Waals surface area contributed by atoms with Crippen molar-refractivity contribution < 1.29 is 4.74 Å². The van der Waals surface area contributed by atoms with Crippen LogP contribution in [0.5, 0.6) is 0 Å². The number of rotatable bonds is 6. The highest BCUT2D eigenvalue weighted by Gasteiger charge is 2.33. The van der Waals surface area contributed by atoms with Gasteiger partial charge in [-0.25, -0.2) is 0 Å². The Balaban J connectivity index is 2.46. The molecule has 1 N–H and O–H groups in total. The molecule has 0 saturated heterocycles. The molecule has 96 valence electrons. The highest BCUT2D eigenvalue weighted by atomic mass is 32.2. The van der Waals surface area contributed by atoms with Gasteiger partial charge in [0.15, 0.2) is 0 Å². The second-order valence-electron chi connectivity index (χ2n) is 5.05. The molecular weight excluding hydrogens is 218 g/mol. The van der Waals surface area contributed by atoms with Crippen molar-refractivity contribution >= 4 is 11.8 Å². The van der Waals surface area contributed by atoms with Crippen LogP contribution in [0.25, 0.3) is 0 Å². The van der Waals surface area contributed by atoms with Gasteiger partial charge in [-0.2, -0.15) is 11.8 Å². The molecule has 0 aromatic rings. The molecule has 0 spiro atoms. The highest BCUT2D eigenvalue weighted by Crippen LogP contribution is 2.36. The molecular formula is C13H27NOS. The SMILES string of the molecule is CCNC1CC(C)CC(C)C1SCCOC. The van der Waals surface area contributed by atoms with Crippen LogP contribution in [0.1, 0.15) is 33.6 Å². The topological polar surface area (TPSA) is 21.3 Å². The summed E-state index contributed by atoms with van der Waals surface area (Å²) >= 11 is 2.09. The highest BCUT2D eigenvalue weighted by molar-refractivity contribution is 8.00. The molecule has 0 amide bonds. The summed E-state index contributed by atoms with van der Waals surface area (Å²) < 4.78 is 5.14. The molecule has 0 radical (unpaired) electrons. The predicted octanol–water partition coefficient (Wildman–Crippen LogP) is 2.78. The van der Waals surface area contributed by atoms with Gasteiger partial charge < -0.3 is 10.1 Å². The Hall–Kier alpha value is 0.270. The van der Waals surface area contributed by atoms with E-state index in [4.69, 9.17) is 4.74 Å². The van der Waals surface area contributed by atoms with Crippen LogP contribution in [0.15, 0.2) is 0 Å². The fourth-order valence-electron chi connectivity index (χ4n) is 2.84. The van der Waals surface area contributed by atoms with Crippen LogP contribution < -0.4 is 5.32 Å². The quantitative estimate of drug-likeness (QED) is 0.727. The van der Waals surface area contributed by atoms with Crippen molar-refractivity contribution in [1.82, 2.24) is 5.32 Å². The zero-order chi connectivity index (χ0) is 12.0. The van der Waals surface area contributed by atoms with Crippen molar-refractivity contribution in [3.05, 3.63) is 0 Å². The molecule has 0 heterocycles. The van der Waals surface area contributed by atoms with Gasteiger partial charge in [-0.15, -0.1) is 0 Å². The van der Waals surface area contributed by atoms with E-state index in [0.717, 1.165) is 36.0 Å². The molecule has 0 aromatic heterocycles. The first-order chi connectivity index (χ1) is 7.69. The van der Waals surface area contributed by atoms with Crippen LogP contribution in [-0.4, -0.2) is 37.3 Å². The van der Waals surface area contributed by atoms with E-state index in [2.05, 4.69) is 37.8 Å². The van der Waals surface area contributed by atoms with Crippen LogP contribution in [-0.2, 0) is 4.74 Å². The van der Waals surface area contributed by atoms with Crippen molar-refractivity contribution in [2.75, 3.05) is 26.0 Å². The van der Waals surface area contributed by atoms with E-state index in [1.165, 1.54) is 12.8 Å². The lowest BCUT2D eigenvalue weighted by Gasteiger charge is -2.39. The van der Waals surface area contributed by atoms with Gasteiger partial charge in [0.2, 0.25) is 0 Å². The number of ether oxygens (including phenoxy) is 1. The summed E-state index contributed by atoms with van der Waals surface area (Å²) in [6.45, 7) is 8.97. The van der Waals surface area contributed by atoms with Crippen LogP contribution in [0.2, 0.25) is 0 Å². The molecule has 16 heavy (non-hydrogen) atoms. The maximum atomic E-state index is 5.14. The summed E-state index contributed by atoms with van der Waals surface area (Å²) in [6.07, 6.45) is 2.72. The van der Waals surface area contributed by atoms with Gasteiger partial charge in [0, 0.05) is 24.2 Å². The third-order valence-electron chi connectivity index (χ3n) is 3.45. The average Bonchev–Trinajstić information content (AvgIpc) is 2.22. The van der Waals surface area contributed by atoms with Crippen molar-refractivity contribution in [2.45, 2.75) is 44.9 Å². The van der Waals surface area contributed by atoms with Crippen molar-refractivity contribution in [3.8, 4) is 0 Å². The summed E-state index contributed by atoms with van der Waals surface area (Å²) in [5.41, 5.74) is 0. The minimum atomic E-state index is 0.700. The molecule has 0 aliphatic heterocycles. The molecule has 1 fully saturated rings. The largest absolute Gasteiger partial charge is 0.384 e. The minimum absolute atomic E-state index is 0.700. The van der Waals surface area contributed by atoms with Crippen molar-refractivity contribution in [1.29, 1.82) is 0 Å². The van der Waals surface area contributed by atoms with Crippen molar-refractivity contribution in [2.24, 2.45) is 11.8 Å². The van der Waals surface area contributed by atoms with Gasteiger partial charge in [0.25, 0.3) is 0 Å². The Morgan fingerprint density at radius 2 is 2.06 bits per heavy atom. The first-order valence-corrected chi connectivity index (χ1v) is 7.57. The maximum Gasteiger partial charge on any atom is 0.0553 e. The van der Waals surface area contributed by atoms with E-state index in [1.807, 2.05) is 0 Å². The van der Waals surface area contributed by atoms with Crippen LogP contribution in [0, 0.1) is 11.8 Å². The zero-order valence-corrected chi connectivity index (χ0v) is 12.0. The third-order valence-corrected chi connectivity index (χ3v) is 5.03. The van der Waals surface area contributed by atoms with Crippen LogP contribution in [0.4, 0.5) is 0 Å². The van der Waals surface area contributed by atoms with Gasteiger partial charge in [-0.05, 0) is 31.2 Å². The average molecular weight is 245 g/mol. The molecule has 0 bridgehead atoms. The molecule has 2 nitrogen and oxygen atoms in total. The van der Waals surface area contributed by atoms with E-state index in [0.29, 0.717) is 6.04 Å². The maximum absolute atomic E-state index is 5.14.